The van der Waals surface area contributed by atoms with E-state index in [-0.39, 0.29) is 79.4 Å². The second-order valence-electron chi connectivity index (χ2n) is 11.1. The molecule has 5 heterocycles. The summed E-state index contributed by atoms with van der Waals surface area (Å²) in [6.45, 7) is 0.579. The van der Waals surface area contributed by atoms with Gasteiger partial charge in [-0.25, -0.2) is 9.97 Å². The van der Waals surface area contributed by atoms with Gasteiger partial charge in [-0.3, -0.25) is 19.2 Å². The van der Waals surface area contributed by atoms with E-state index in [2.05, 4.69) is 105 Å². The average Bonchev–Trinajstić information content (AvgIpc) is 3.75. The summed E-state index contributed by atoms with van der Waals surface area (Å²) in [5, 5.41) is 11.8. The van der Waals surface area contributed by atoms with Gasteiger partial charge in [0.05, 0.1) is 58.6 Å². The van der Waals surface area contributed by atoms with Crippen LogP contribution in [0, 0.1) is 3.57 Å². The molecule has 19 heteroatoms. The number of fused-ring (bicyclic) bond motifs is 4. The van der Waals surface area contributed by atoms with E-state index in [1.807, 2.05) is 54.6 Å². The van der Waals surface area contributed by atoms with Crippen molar-refractivity contribution in [3.8, 4) is 11.8 Å². The molecule has 7 aromatic rings. The summed E-state index contributed by atoms with van der Waals surface area (Å²) in [5.41, 5.74) is 8.58. The number of aromatic nitrogens is 5. The van der Waals surface area contributed by atoms with Gasteiger partial charge >= 0.3 is 59.1 Å². The maximum atomic E-state index is 9.96. The third kappa shape index (κ3) is 15.4. The van der Waals surface area contributed by atoms with Crippen LogP contribution in [0.3, 0.4) is 0 Å². The molecule has 0 saturated heterocycles. The van der Waals surface area contributed by atoms with Gasteiger partial charge in [-0.05, 0) is 111 Å². The number of pyridine rings is 4. The molecular formula is C39H34Cl4FI2N5Na2O5. The summed E-state index contributed by atoms with van der Waals surface area (Å²) < 4.78 is 30.3. The normalized spacial score (nSPS) is 10.6. The monoisotopic (exact) mass is 1110 g/mol. The second-order valence-corrected chi connectivity index (χ2v) is 14.6. The Morgan fingerprint density at radius 3 is 1.98 bits per heavy atom. The van der Waals surface area contributed by atoms with Crippen molar-refractivity contribution >= 4 is 135 Å². The molecule has 0 saturated carbocycles. The standard InChI is InChI=1S/C18H13ClIN3O.C10H7Cl2N.C9H8INO.CH3F.CH2O3.ClH.2Na.H/c1-24-17-5-4-16-18(22-17)14(20)10-23(16)9-11-2-3-15-12(6-11)7-13(19)8-21-15;11-5-7-1-2-10-8(3-7)4-9(12)6-13-10;1-12-8-5-3-6-2-4-7(10)9(6)11-8;1-2;2-1-4-3;;;;/h2-8,10H,9H2,1H3;1-4,6H,5H2;3-5H,2H2,1H3;1H3;1,3H;1H;;;/q;;;;;;2*+1;-1/p-1/i;;;1D;;;;;. The van der Waals surface area contributed by atoms with Gasteiger partial charge in [-0.2, -0.15) is 0 Å². The Kier molecular flexibility index (Phi) is 25.5. The van der Waals surface area contributed by atoms with E-state index < -0.39 is 7.15 Å². The SMILES string of the molecule is COc1ccc2c(n1)C(I)=CC2.COc1ccc2c(n1)c(I)cn2Cc1ccc2ncc(Cl)cc2c1.Cl.ClCc1ccc2ncc(Cl)cc2c1.O=CO[O-].[2H]CF.[H-].[Na+].[Na+]. The van der Waals surface area contributed by atoms with Crippen molar-refractivity contribution in [3.05, 3.63) is 133 Å². The quantitative estimate of drug-likeness (QED) is 0.0592. The summed E-state index contributed by atoms with van der Waals surface area (Å²) in [7, 11) is 2.27. The molecule has 1 aliphatic rings. The van der Waals surface area contributed by atoms with Crippen LogP contribution in [0.1, 0.15) is 25.2 Å². The van der Waals surface area contributed by atoms with E-state index >= 15 is 0 Å². The van der Waals surface area contributed by atoms with E-state index in [0.717, 1.165) is 60.6 Å². The van der Waals surface area contributed by atoms with Gasteiger partial charge in [0.2, 0.25) is 11.8 Å². The molecule has 2 aromatic carbocycles. The van der Waals surface area contributed by atoms with Gasteiger partial charge in [0, 0.05) is 57.5 Å². The zero-order valence-corrected chi connectivity index (χ0v) is 43.0. The number of carbonyl (C=O) groups excluding carboxylic acids is 1. The molecule has 0 atom stereocenters. The van der Waals surface area contributed by atoms with Gasteiger partial charge in [0.1, 0.15) is 5.52 Å². The third-order valence-electron chi connectivity index (χ3n) is 7.72. The van der Waals surface area contributed by atoms with Gasteiger partial charge in [0.15, 0.2) is 0 Å². The molecule has 0 N–H and O–H groups in total. The molecule has 0 fully saturated rings. The number of hydrogen-bond donors (Lipinski definition) is 0. The number of benzene rings is 2. The van der Waals surface area contributed by atoms with E-state index in [1.54, 1.807) is 26.6 Å². The number of allylic oxidation sites excluding steroid dienone is 1. The number of alkyl halides is 2. The molecular weight excluding hydrogens is 1080 g/mol. The van der Waals surface area contributed by atoms with Crippen molar-refractivity contribution in [1.82, 2.24) is 24.5 Å². The zero-order chi connectivity index (χ0) is 40.6. The van der Waals surface area contributed by atoms with E-state index in [9.17, 15) is 4.39 Å². The maximum Gasteiger partial charge on any atom is 1.00 e. The van der Waals surface area contributed by atoms with Gasteiger partial charge in [-0.15, -0.1) is 24.0 Å². The Balaban J connectivity index is 0.000000830. The van der Waals surface area contributed by atoms with E-state index in [1.165, 1.54) is 14.7 Å². The fourth-order valence-corrected chi connectivity index (χ4v) is 7.21. The first-order valence-electron chi connectivity index (χ1n) is 16.6. The largest absolute Gasteiger partial charge is 1.00 e. The zero-order valence-electron chi connectivity index (χ0n) is 33.6. The molecule has 0 aliphatic heterocycles. The number of carbonyl (C=O) groups is 1. The first kappa shape index (κ1) is 52.6. The molecule has 0 unspecified atom stereocenters. The number of ether oxygens (including phenoxy) is 2. The van der Waals surface area contributed by atoms with Crippen molar-refractivity contribution < 1.29 is 90.7 Å². The first-order valence-corrected chi connectivity index (χ1v) is 19.3. The summed E-state index contributed by atoms with van der Waals surface area (Å²) >= 11 is 22.2. The minimum atomic E-state index is -1.00. The molecule has 0 amide bonds. The third-order valence-corrected chi connectivity index (χ3v) is 10.2. The fourth-order valence-electron chi connectivity index (χ4n) is 5.29. The maximum absolute atomic E-state index is 9.96. The summed E-state index contributed by atoms with van der Waals surface area (Å²) in [4.78, 5) is 28.7. The number of nitrogens with zero attached hydrogens (tertiary/aromatic N) is 5. The minimum Gasteiger partial charge on any atom is -1.00 e. The smallest absolute Gasteiger partial charge is 1.00 e. The van der Waals surface area contributed by atoms with Crippen molar-refractivity contribution in [2.24, 2.45) is 0 Å². The summed E-state index contributed by atoms with van der Waals surface area (Å²) in [6, 6.07) is 23.9. The molecule has 296 valence electrons. The topological polar surface area (TPSA) is 124 Å². The number of methoxy groups -OCH3 is 2. The molecule has 5 aromatic heterocycles. The summed E-state index contributed by atoms with van der Waals surface area (Å²) in [6.07, 6.45) is 8.61. The molecule has 58 heavy (non-hydrogen) atoms. The average molecular weight is 1110 g/mol. The van der Waals surface area contributed by atoms with Crippen LogP contribution in [0.2, 0.25) is 10.0 Å². The van der Waals surface area contributed by atoms with Gasteiger partial charge < -0.3 is 25.6 Å². The minimum absolute atomic E-state index is 0. The molecule has 0 spiro atoms. The van der Waals surface area contributed by atoms with Crippen LogP contribution in [0.25, 0.3) is 36.4 Å². The van der Waals surface area contributed by atoms with Crippen molar-refractivity contribution in [1.29, 1.82) is 0 Å². The van der Waals surface area contributed by atoms with Crippen LogP contribution in [0.15, 0.2) is 97.5 Å². The van der Waals surface area contributed by atoms with Crippen molar-refractivity contribution in [3.63, 3.8) is 0 Å². The fraction of sp³-hybridized carbons (Fsp3) is 0.154. The van der Waals surface area contributed by atoms with Crippen LogP contribution < -0.4 is 73.8 Å². The Morgan fingerprint density at radius 1 is 0.897 bits per heavy atom. The Bertz CT molecular complexity index is 2470. The second kappa shape index (κ2) is 28.1. The van der Waals surface area contributed by atoms with Crippen LogP contribution in [0.5, 0.6) is 11.8 Å². The van der Waals surface area contributed by atoms with Gasteiger partial charge in [-0.1, -0.05) is 47.5 Å². The van der Waals surface area contributed by atoms with Gasteiger partial charge in [0.25, 0.3) is 6.47 Å². The Hall–Kier alpha value is -1.58. The molecule has 10 nitrogen and oxygen atoms in total. The summed E-state index contributed by atoms with van der Waals surface area (Å²) in [5.74, 6) is 1.84. The number of rotatable bonds is 6. The van der Waals surface area contributed by atoms with Crippen LogP contribution in [-0.2, 0) is 28.5 Å². The number of halogens is 7. The Morgan fingerprint density at radius 2 is 1.43 bits per heavy atom. The number of hydrogen-bond acceptors (Lipinski definition) is 9. The van der Waals surface area contributed by atoms with Crippen LogP contribution >= 0.6 is 92.4 Å². The first-order chi connectivity index (χ1) is 27.1. The van der Waals surface area contributed by atoms with E-state index in [0.29, 0.717) is 27.7 Å². The van der Waals surface area contributed by atoms with E-state index in [4.69, 9.17) is 55.7 Å². The van der Waals surface area contributed by atoms with Crippen LogP contribution in [0.4, 0.5) is 4.39 Å². The molecule has 1 aliphatic carbocycles. The molecule has 0 radical (unpaired) electrons. The predicted molar refractivity (Wildman–Crippen MR) is 240 cm³/mol. The van der Waals surface area contributed by atoms with Crippen LogP contribution in [-0.4, -0.2) is 52.3 Å². The van der Waals surface area contributed by atoms with Crippen molar-refractivity contribution in [2.75, 3.05) is 21.4 Å². The molecule has 8 rings (SSSR count). The Labute approximate surface area is 430 Å². The van der Waals surface area contributed by atoms with Crippen molar-refractivity contribution in [2.45, 2.75) is 18.8 Å². The molecule has 0 bridgehead atoms. The predicted octanol–water partition coefficient (Wildman–Crippen LogP) is 4.51.